The van der Waals surface area contributed by atoms with Gasteiger partial charge in [-0.05, 0) is 18.4 Å². The molecule has 4 nitrogen and oxygen atoms in total. The molecular weight excluding hydrogens is 238 g/mol. The van der Waals surface area contributed by atoms with Gasteiger partial charge in [-0.15, -0.1) is 0 Å². The molecule has 2 aliphatic rings. The summed E-state index contributed by atoms with van der Waals surface area (Å²) in [6.07, 6.45) is 2.84. The van der Waals surface area contributed by atoms with Crippen LogP contribution in [-0.4, -0.2) is 18.6 Å². The fraction of sp³-hybridized carbons (Fsp3) is 0.400. The van der Waals surface area contributed by atoms with E-state index in [1.54, 1.807) is 0 Å². The summed E-state index contributed by atoms with van der Waals surface area (Å²) in [5, 5.41) is 2.99. The molecule has 3 rings (SSSR count). The summed E-state index contributed by atoms with van der Waals surface area (Å²) in [5.74, 6) is 0.863. The zero-order valence-electron chi connectivity index (χ0n) is 11.0. The third kappa shape index (κ3) is 2.55. The molecule has 1 amide bonds. The van der Waals surface area contributed by atoms with Gasteiger partial charge < -0.3 is 5.32 Å². The molecule has 2 saturated heterocycles. The number of hydrazine groups is 1. The summed E-state index contributed by atoms with van der Waals surface area (Å²) >= 11 is 0. The van der Waals surface area contributed by atoms with Crippen LogP contribution in [0.15, 0.2) is 35.9 Å². The monoisotopic (exact) mass is 257 g/mol. The molecule has 3 N–H and O–H groups in total. The Bertz CT molecular complexity index is 497. The van der Waals surface area contributed by atoms with Gasteiger partial charge in [0, 0.05) is 18.9 Å². The summed E-state index contributed by atoms with van der Waals surface area (Å²) in [7, 11) is 0. The van der Waals surface area contributed by atoms with Crippen molar-refractivity contribution in [3.63, 3.8) is 0 Å². The Kier molecular flexibility index (Phi) is 3.36. The number of hydrogen-bond donors (Lipinski definition) is 3. The van der Waals surface area contributed by atoms with E-state index < -0.39 is 0 Å². The SMILES string of the molecule is C/C(=C\c1ccccc1)C1CC(=O)NC2NNCC21. The average molecular weight is 257 g/mol. The number of amides is 1. The van der Waals surface area contributed by atoms with Crippen molar-refractivity contribution in [2.24, 2.45) is 11.8 Å². The van der Waals surface area contributed by atoms with Crippen molar-refractivity contribution >= 4 is 12.0 Å². The maximum absolute atomic E-state index is 11.8. The van der Waals surface area contributed by atoms with Crippen molar-refractivity contribution in [3.8, 4) is 0 Å². The van der Waals surface area contributed by atoms with Crippen LogP contribution in [0.3, 0.4) is 0 Å². The largest absolute Gasteiger partial charge is 0.339 e. The van der Waals surface area contributed by atoms with E-state index in [1.165, 1.54) is 11.1 Å². The second kappa shape index (κ2) is 5.15. The Hall–Kier alpha value is -1.65. The minimum Gasteiger partial charge on any atom is -0.339 e. The lowest BCUT2D eigenvalue weighted by molar-refractivity contribution is -0.125. The van der Waals surface area contributed by atoms with Crippen LogP contribution in [0.1, 0.15) is 18.9 Å². The highest BCUT2D eigenvalue weighted by molar-refractivity contribution is 5.78. The minimum atomic E-state index is 0.0605. The van der Waals surface area contributed by atoms with E-state index in [2.05, 4.69) is 41.3 Å². The van der Waals surface area contributed by atoms with Gasteiger partial charge in [-0.3, -0.25) is 10.2 Å². The standard InChI is InChI=1S/C15H19N3O/c1-10(7-11-5-3-2-4-6-11)12-8-14(19)17-15-13(12)9-16-18-15/h2-7,12-13,15-16,18H,8-9H2,1H3,(H,17,19)/b10-7+. The number of benzene rings is 1. The smallest absolute Gasteiger partial charge is 0.221 e. The first-order valence-electron chi connectivity index (χ1n) is 6.75. The number of allylic oxidation sites excluding steroid dienone is 1. The van der Waals surface area contributed by atoms with Gasteiger partial charge >= 0.3 is 0 Å². The highest BCUT2D eigenvalue weighted by Gasteiger charge is 2.40. The zero-order chi connectivity index (χ0) is 13.2. The first-order valence-corrected chi connectivity index (χ1v) is 6.75. The Morgan fingerprint density at radius 3 is 2.89 bits per heavy atom. The zero-order valence-corrected chi connectivity index (χ0v) is 11.0. The molecule has 2 fully saturated rings. The Labute approximate surface area is 113 Å². The average Bonchev–Trinajstić information content (AvgIpc) is 2.86. The third-order valence-electron chi connectivity index (χ3n) is 4.04. The van der Waals surface area contributed by atoms with E-state index in [0.717, 1.165) is 6.54 Å². The highest BCUT2D eigenvalue weighted by atomic mass is 16.2. The van der Waals surface area contributed by atoms with Crippen LogP contribution in [0.2, 0.25) is 0 Å². The summed E-state index contributed by atoms with van der Waals surface area (Å²) in [6, 6.07) is 10.3. The second-order valence-corrected chi connectivity index (χ2v) is 5.34. The lowest BCUT2D eigenvalue weighted by Gasteiger charge is -2.33. The molecule has 3 unspecified atom stereocenters. The molecule has 0 saturated carbocycles. The normalized spacial score (nSPS) is 30.9. The number of hydrogen-bond acceptors (Lipinski definition) is 3. The van der Waals surface area contributed by atoms with Crippen molar-refractivity contribution in [2.45, 2.75) is 19.5 Å². The quantitative estimate of drug-likeness (QED) is 0.748. The molecule has 0 spiro atoms. The van der Waals surface area contributed by atoms with Gasteiger partial charge in [0.2, 0.25) is 5.91 Å². The number of fused-ring (bicyclic) bond motifs is 1. The van der Waals surface area contributed by atoms with Gasteiger partial charge in [0.1, 0.15) is 0 Å². The van der Waals surface area contributed by atoms with Crippen LogP contribution in [-0.2, 0) is 4.79 Å². The lowest BCUT2D eigenvalue weighted by atomic mass is 9.79. The first kappa shape index (κ1) is 12.4. The molecule has 19 heavy (non-hydrogen) atoms. The molecule has 2 aliphatic heterocycles. The molecule has 2 heterocycles. The van der Waals surface area contributed by atoms with E-state index in [1.807, 2.05) is 18.2 Å². The lowest BCUT2D eigenvalue weighted by Crippen LogP contribution is -2.53. The molecule has 4 heteroatoms. The van der Waals surface area contributed by atoms with Crippen molar-refractivity contribution < 1.29 is 4.79 Å². The van der Waals surface area contributed by atoms with Crippen molar-refractivity contribution in [1.29, 1.82) is 0 Å². The molecule has 0 bridgehead atoms. The Balaban J connectivity index is 1.83. The van der Waals surface area contributed by atoms with Gasteiger partial charge in [0.05, 0.1) is 6.17 Å². The van der Waals surface area contributed by atoms with Gasteiger partial charge in [-0.2, -0.15) is 0 Å². The van der Waals surface area contributed by atoms with Crippen LogP contribution in [0.5, 0.6) is 0 Å². The van der Waals surface area contributed by atoms with Crippen LogP contribution < -0.4 is 16.2 Å². The van der Waals surface area contributed by atoms with E-state index in [-0.39, 0.29) is 12.1 Å². The van der Waals surface area contributed by atoms with Crippen LogP contribution in [0.4, 0.5) is 0 Å². The predicted molar refractivity (Wildman–Crippen MR) is 74.8 cm³/mol. The van der Waals surface area contributed by atoms with Crippen molar-refractivity contribution in [3.05, 3.63) is 41.5 Å². The highest BCUT2D eigenvalue weighted by Crippen LogP contribution is 2.32. The maximum Gasteiger partial charge on any atom is 0.221 e. The molecule has 0 aromatic heterocycles. The minimum absolute atomic E-state index is 0.0605. The van der Waals surface area contributed by atoms with Gasteiger partial charge in [-0.1, -0.05) is 42.0 Å². The molecule has 100 valence electrons. The van der Waals surface area contributed by atoms with Crippen molar-refractivity contribution in [1.82, 2.24) is 16.2 Å². The number of carbonyl (C=O) groups excluding carboxylic acids is 1. The van der Waals surface area contributed by atoms with E-state index in [4.69, 9.17) is 0 Å². The summed E-state index contributed by atoms with van der Waals surface area (Å²) < 4.78 is 0. The Morgan fingerprint density at radius 1 is 1.32 bits per heavy atom. The number of carbonyl (C=O) groups is 1. The molecule has 1 aromatic carbocycles. The van der Waals surface area contributed by atoms with Gasteiger partial charge in [0.25, 0.3) is 0 Å². The fourth-order valence-electron chi connectivity index (χ4n) is 3.03. The predicted octanol–water partition coefficient (Wildman–Crippen LogP) is 1.28. The molecular formula is C15H19N3O. The van der Waals surface area contributed by atoms with Gasteiger partial charge in [0.15, 0.2) is 0 Å². The maximum atomic E-state index is 11.8. The van der Waals surface area contributed by atoms with Crippen molar-refractivity contribution in [2.75, 3.05) is 6.54 Å². The van der Waals surface area contributed by atoms with E-state index in [9.17, 15) is 4.79 Å². The Morgan fingerprint density at radius 2 is 2.11 bits per heavy atom. The van der Waals surface area contributed by atoms with Gasteiger partial charge in [-0.25, -0.2) is 5.43 Å². The van der Waals surface area contributed by atoms with Crippen LogP contribution in [0.25, 0.3) is 6.08 Å². The molecule has 3 atom stereocenters. The van der Waals surface area contributed by atoms with Crippen LogP contribution >= 0.6 is 0 Å². The summed E-state index contributed by atoms with van der Waals surface area (Å²) in [6.45, 7) is 3.03. The second-order valence-electron chi connectivity index (χ2n) is 5.34. The number of piperidine rings is 1. The van der Waals surface area contributed by atoms with E-state index in [0.29, 0.717) is 18.3 Å². The summed E-state index contributed by atoms with van der Waals surface area (Å²) in [4.78, 5) is 11.8. The van der Waals surface area contributed by atoms with Crippen LogP contribution in [0, 0.1) is 11.8 Å². The molecule has 1 aromatic rings. The first-order chi connectivity index (χ1) is 9.24. The number of rotatable bonds is 2. The third-order valence-corrected chi connectivity index (χ3v) is 4.04. The fourth-order valence-corrected chi connectivity index (χ4v) is 3.03. The van der Waals surface area contributed by atoms with E-state index >= 15 is 0 Å². The molecule has 0 aliphatic carbocycles. The topological polar surface area (TPSA) is 53.2 Å². The summed E-state index contributed by atoms with van der Waals surface area (Å²) in [5.41, 5.74) is 8.75. The number of nitrogens with one attached hydrogen (secondary N) is 3. The molecule has 0 radical (unpaired) electrons.